The molecular formula is C12H19N3O3S. The Labute approximate surface area is 116 Å². The first-order valence-electron chi connectivity index (χ1n) is 6.40. The average molecular weight is 285 g/mol. The Bertz CT molecular complexity index is 443. The van der Waals surface area contributed by atoms with E-state index < -0.39 is 5.97 Å². The van der Waals surface area contributed by atoms with Crippen LogP contribution in [-0.2, 0) is 9.47 Å². The fourth-order valence-electron chi connectivity index (χ4n) is 2.07. The van der Waals surface area contributed by atoms with E-state index in [1.165, 1.54) is 11.5 Å². The van der Waals surface area contributed by atoms with Crippen LogP contribution in [0.25, 0.3) is 0 Å². The molecule has 19 heavy (non-hydrogen) atoms. The number of nitrogen functional groups attached to an aromatic ring is 1. The van der Waals surface area contributed by atoms with Crippen LogP contribution in [-0.4, -0.2) is 36.2 Å². The number of ether oxygens (including phenoxy) is 2. The van der Waals surface area contributed by atoms with Crippen LogP contribution in [0.2, 0.25) is 0 Å². The second-order valence-corrected chi connectivity index (χ2v) is 5.32. The van der Waals surface area contributed by atoms with Crippen molar-refractivity contribution < 1.29 is 14.3 Å². The first-order valence-corrected chi connectivity index (χ1v) is 7.17. The molecule has 1 saturated heterocycles. The van der Waals surface area contributed by atoms with Gasteiger partial charge in [0, 0.05) is 18.6 Å². The van der Waals surface area contributed by atoms with E-state index in [0.717, 1.165) is 19.6 Å². The Hall–Kier alpha value is -1.34. The maximum Gasteiger partial charge on any atom is 0.344 e. The lowest BCUT2D eigenvalue weighted by Gasteiger charge is -2.19. The molecule has 2 rings (SSSR count). The van der Waals surface area contributed by atoms with E-state index in [4.69, 9.17) is 15.2 Å². The van der Waals surface area contributed by atoms with Crippen molar-refractivity contribution in [3.05, 3.63) is 5.56 Å². The van der Waals surface area contributed by atoms with E-state index in [-0.39, 0.29) is 11.9 Å². The second kappa shape index (κ2) is 6.21. The smallest absolute Gasteiger partial charge is 0.344 e. The second-order valence-electron chi connectivity index (χ2n) is 4.55. The van der Waals surface area contributed by atoms with Gasteiger partial charge in [-0.05, 0) is 31.8 Å². The summed E-state index contributed by atoms with van der Waals surface area (Å²) < 4.78 is 14.4. The molecule has 0 amide bonds. The van der Waals surface area contributed by atoms with Crippen molar-refractivity contribution in [3.8, 4) is 0 Å². The highest BCUT2D eigenvalue weighted by molar-refractivity contribution is 7.11. The number of nitrogens with zero attached hydrogens (tertiary/aromatic N) is 1. The molecule has 0 aromatic carbocycles. The molecule has 0 bridgehead atoms. The van der Waals surface area contributed by atoms with Crippen LogP contribution in [0.4, 0.5) is 10.8 Å². The maximum atomic E-state index is 11.8. The molecule has 0 spiro atoms. The SMILES string of the molecule is CCOC(=O)c1c(N)nsc1NC(C)C1CCOC1. The molecule has 0 saturated carbocycles. The Morgan fingerprint density at radius 1 is 1.74 bits per heavy atom. The molecule has 3 N–H and O–H groups in total. The summed E-state index contributed by atoms with van der Waals surface area (Å²) in [5, 5.41) is 3.98. The van der Waals surface area contributed by atoms with Gasteiger partial charge < -0.3 is 20.5 Å². The van der Waals surface area contributed by atoms with Gasteiger partial charge in [-0.2, -0.15) is 4.37 Å². The number of nitrogens with two attached hydrogens (primary N) is 1. The van der Waals surface area contributed by atoms with Crippen LogP contribution in [0.15, 0.2) is 0 Å². The number of carbonyl (C=O) groups excluding carboxylic acids is 1. The van der Waals surface area contributed by atoms with Gasteiger partial charge in [0.2, 0.25) is 0 Å². The first-order chi connectivity index (χ1) is 9.13. The average Bonchev–Trinajstić information content (AvgIpc) is 2.99. The molecule has 0 radical (unpaired) electrons. The monoisotopic (exact) mass is 285 g/mol. The van der Waals surface area contributed by atoms with Crippen molar-refractivity contribution >= 4 is 28.3 Å². The van der Waals surface area contributed by atoms with Crippen LogP contribution in [0.3, 0.4) is 0 Å². The van der Waals surface area contributed by atoms with Crippen LogP contribution >= 0.6 is 11.5 Å². The highest BCUT2D eigenvalue weighted by Gasteiger charge is 2.26. The molecular weight excluding hydrogens is 266 g/mol. The molecule has 2 heterocycles. The van der Waals surface area contributed by atoms with E-state index in [1.54, 1.807) is 6.92 Å². The lowest BCUT2D eigenvalue weighted by atomic mass is 10.0. The zero-order chi connectivity index (χ0) is 13.8. The van der Waals surface area contributed by atoms with Crippen molar-refractivity contribution in [1.29, 1.82) is 0 Å². The van der Waals surface area contributed by atoms with Crippen molar-refractivity contribution in [2.75, 3.05) is 30.9 Å². The zero-order valence-electron chi connectivity index (χ0n) is 11.1. The van der Waals surface area contributed by atoms with Gasteiger partial charge in [0.15, 0.2) is 5.82 Å². The molecule has 1 aromatic heterocycles. The quantitative estimate of drug-likeness (QED) is 0.801. The Kier molecular flexibility index (Phi) is 4.60. The number of rotatable bonds is 5. The largest absolute Gasteiger partial charge is 0.462 e. The maximum absolute atomic E-state index is 11.8. The fourth-order valence-corrected chi connectivity index (χ4v) is 2.87. The summed E-state index contributed by atoms with van der Waals surface area (Å²) in [6.45, 7) is 5.70. The minimum atomic E-state index is -0.425. The number of carbonyl (C=O) groups is 1. The lowest BCUT2D eigenvalue weighted by molar-refractivity contribution is 0.0529. The summed E-state index contributed by atoms with van der Waals surface area (Å²) >= 11 is 1.19. The van der Waals surface area contributed by atoms with Gasteiger partial charge in [-0.15, -0.1) is 0 Å². The standard InChI is InChI=1S/C12H19N3O3S/c1-3-18-12(16)9-10(13)15-19-11(9)14-7(2)8-4-5-17-6-8/h7-8,14H,3-6H2,1-2H3,(H2,13,15). The summed E-state index contributed by atoms with van der Waals surface area (Å²) in [5.74, 6) is 0.241. The van der Waals surface area contributed by atoms with Gasteiger partial charge in [0.1, 0.15) is 10.6 Å². The van der Waals surface area contributed by atoms with Gasteiger partial charge >= 0.3 is 5.97 Å². The molecule has 1 fully saturated rings. The van der Waals surface area contributed by atoms with Gasteiger partial charge in [0.25, 0.3) is 0 Å². The Morgan fingerprint density at radius 3 is 3.16 bits per heavy atom. The Balaban J connectivity index is 2.09. The van der Waals surface area contributed by atoms with Gasteiger partial charge in [-0.25, -0.2) is 4.79 Å². The molecule has 106 valence electrons. The van der Waals surface area contributed by atoms with Crippen molar-refractivity contribution in [2.24, 2.45) is 5.92 Å². The minimum absolute atomic E-state index is 0.204. The molecule has 6 nitrogen and oxygen atoms in total. The zero-order valence-corrected chi connectivity index (χ0v) is 12.0. The summed E-state index contributed by atoms with van der Waals surface area (Å²) in [4.78, 5) is 11.8. The fraction of sp³-hybridized carbons (Fsp3) is 0.667. The van der Waals surface area contributed by atoms with Crippen LogP contribution in [0, 0.1) is 5.92 Å². The molecule has 7 heteroatoms. The van der Waals surface area contributed by atoms with Gasteiger partial charge in [0.05, 0.1) is 13.2 Å². The summed E-state index contributed by atoms with van der Waals surface area (Å²) in [6, 6.07) is 0.204. The molecule has 1 aliphatic heterocycles. The lowest BCUT2D eigenvalue weighted by Crippen LogP contribution is -2.26. The van der Waals surface area contributed by atoms with Gasteiger partial charge in [-0.1, -0.05) is 0 Å². The number of esters is 1. The number of nitrogens with one attached hydrogen (secondary N) is 1. The summed E-state index contributed by atoms with van der Waals surface area (Å²) in [7, 11) is 0. The third-order valence-electron chi connectivity index (χ3n) is 3.23. The van der Waals surface area contributed by atoms with E-state index >= 15 is 0 Å². The first kappa shape index (κ1) is 14.1. The van der Waals surface area contributed by atoms with Crippen molar-refractivity contribution in [2.45, 2.75) is 26.3 Å². The predicted molar refractivity (Wildman–Crippen MR) is 74.5 cm³/mol. The van der Waals surface area contributed by atoms with E-state index in [9.17, 15) is 4.79 Å². The van der Waals surface area contributed by atoms with Crippen LogP contribution < -0.4 is 11.1 Å². The topological polar surface area (TPSA) is 86.5 Å². The van der Waals surface area contributed by atoms with E-state index in [1.807, 2.05) is 0 Å². The highest BCUT2D eigenvalue weighted by atomic mass is 32.1. The third kappa shape index (κ3) is 3.16. The number of hydrogen-bond donors (Lipinski definition) is 2. The number of aromatic nitrogens is 1. The Morgan fingerprint density at radius 2 is 2.53 bits per heavy atom. The number of hydrogen-bond acceptors (Lipinski definition) is 7. The van der Waals surface area contributed by atoms with Crippen LogP contribution in [0.1, 0.15) is 30.6 Å². The molecule has 1 aromatic rings. The molecule has 2 atom stereocenters. The summed E-state index contributed by atoms with van der Waals surface area (Å²) in [5.41, 5.74) is 6.08. The molecule has 1 aliphatic rings. The highest BCUT2D eigenvalue weighted by Crippen LogP contribution is 2.30. The van der Waals surface area contributed by atoms with E-state index in [0.29, 0.717) is 23.1 Å². The van der Waals surface area contributed by atoms with E-state index in [2.05, 4.69) is 16.6 Å². The summed E-state index contributed by atoms with van der Waals surface area (Å²) in [6.07, 6.45) is 1.02. The normalized spacial score (nSPS) is 20.2. The molecule has 0 aliphatic carbocycles. The predicted octanol–water partition coefficient (Wildman–Crippen LogP) is 1.74. The minimum Gasteiger partial charge on any atom is -0.462 e. The van der Waals surface area contributed by atoms with Gasteiger partial charge in [-0.3, -0.25) is 0 Å². The van der Waals surface area contributed by atoms with Crippen LogP contribution in [0.5, 0.6) is 0 Å². The molecule has 2 unspecified atom stereocenters. The van der Waals surface area contributed by atoms with Crippen molar-refractivity contribution in [1.82, 2.24) is 4.37 Å². The van der Waals surface area contributed by atoms with Crippen molar-refractivity contribution in [3.63, 3.8) is 0 Å². The third-order valence-corrected chi connectivity index (χ3v) is 4.02. The number of anilines is 2.